The number of fused-ring (bicyclic) bond motifs is 1. The largest absolute Gasteiger partial charge is 0.507 e. The summed E-state index contributed by atoms with van der Waals surface area (Å²) in [6.07, 6.45) is 6.94. The van der Waals surface area contributed by atoms with Gasteiger partial charge in [-0.2, -0.15) is 0 Å². The lowest BCUT2D eigenvalue weighted by Gasteiger charge is -2.32. The lowest BCUT2D eigenvalue weighted by molar-refractivity contribution is -0.141. The summed E-state index contributed by atoms with van der Waals surface area (Å²) in [5.74, 6) is 0.0368. The van der Waals surface area contributed by atoms with Crippen LogP contribution in [0.15, 0.2) is 89.2 Å². The number of nitrogens with one attached hydrogen (secondary N) is 1. The highest BCUT2D eigenvalue weighted by Crippen LogP contribution is 2.44. The van der Waals surface area contributed by atoms with Crippen LogP contribution in [0.4, 0.5) is 5.95 Å². The molecule has 0 radical (unpaired) electrons. The molecule has 1 saturated carbocycles. The van der Waals surface area contributed by atoms with Crippen molar-refractivity contribution in [1.82, 2.24) is 45.1 Å². The van der Waals surface area contributed by atoms with E-state index in [4.69, 9.17) is 14.5 Å². The molecule has 328 valence electrons. The van der Waals surface area contributed by atoms with Crippen LogP contribution in [0.2, 0.25) is 0 Å². The molecular formula is C48H50N10O5S. The van der Waals surface area contributed by atoms with E-state index < -0.39 is 18.1 Å². The number of carbonyl (C=O) groups excluding carboxylic acids is 2. The van der Waals surface area contributed by atoms with Crippen molar-refractivity contribution >= 4 is 40.1 Å². The van der Waals surface area contributed by atoms with Crippen molar-refractivity contribution < 1.29 is 24.3 Å². The van der Waals surface area contributed by atoms with Crippen molar-refractivity contribution in [3.05, 3.63) is 107 Å². The second kappa shape index (κ2) is 17.2. The number of hydrogen-bond acceptors (Lipinski definition) is 13. The second-order valence-corrected chi connectivity index (χ2v) is 18.5. The van der Waals surface area contributed by atoms with Crippen molar-refractivity contribution in [2.75, 3.05) is 24.5 Å². The molecule has 3 N–H and O–H groups in total. The number of likely N-dealkylation sites (tertiary alicyclic amines) is 1. The average Bonchev–Trinajstić information content (AvgIpc) is 3.60. The fraction of sp³-hybridized carbons (Fsp3) is 0.375. The summed E-state index contributed by atoms with van der Waals surface area (Å²) in [7, 11) is 0. The van der Waals surface area contributed by atoms with Crippen molar-refractivity contribution in [3.63, 3.8) is 0 Å². The van der Waals surface area contributed by atoms with Crippen LogP contribution in [-0.2, 0) is 16.1 Å². The van der Waals surface area contributed by atoms with Crippen molar-refractivity contribution in [2.45, 2.75) is 89.4 Å². The molecule has 2 aromatic carbocycles. The third-order valence-corrected chi connectivity index (χ3v) is 13.9. The number of β-amino-alcohol motifs (C(OH)–C–C–N with tert-alkyl or cyclic N) is 1. The monoisotopic (exact) mass is 878 g/mol. The predicted molar refractivity (Wildman–Crippen MR) is 242 cm³/mol. The molecule has 7 heterocycles. The van der Waals surface area contributed by atoms with Crippen molar-refractivity contribution in [3.8, 4) is 38.7 Å². The molecule has 2 amide bonds. The van der Waals surface area contributed by atoms with Gasteiger partial charge in [-0.1, -0.05) is 55.4 Å². The van der Waals surface area contributed by atoms with E-state index in [2.05, 4.69) is 47.3 Å². The fourth-order valence-corrected chi connectivity index (χ4v) is 10.2. The number of piperidine rings is 1. The Balaban J connectivity index is 0.780. The van der Waals surface area contributed by atoms with Crippen LogP contribution in [0, 0.1) is 12.8 Å². The zero-order valence-electron chi connectivity index (χ0n) is 36.0. The Bertz CT molecular complexity index is 2810. The van der Waals surface area contributed by atoms with Gasteiger partial charge < -0.3 is 34.4 Å². The number of phenolic OH excluding ortho intramolecular Hbond substituents is 1. The molecule has 0 bridgehead atoms. The number of anilines is 1. The summed E-state index contributed by atoms with van der Waals surface area (Å²) >= 11 is 1.59. The van der Waals surface area contributed by atoms with E-state index in [1.165, 1.54) is 10.6 Å². The summed E-state index contributed by atoms with van der Waals surface area (Å²) in [6.45, 7) is 7.77. The highest BCUT2D eigenvalue weighted by Gasteiger charge is 2.43. The van der Waals surface area contributed by atoms with Gasteiger partial charge in [0.25, 0.3) is 0 Å². The van der Waals surface area contributed by atoms with Gasteiger partial charge >= 0.3 is 0 Å². The van der Waals surface area contributed by atoms with Crippen molar-refractivity contribution in [2.24, 2.45) is 5.92 Å². The van der Waals surface area contributed by atoms with E-state index in [0.29, 0.717) is 52.7 Å². The van der Waals surface area contributed by atoms with Crippen LogP contribution in [-0.4, -0.2) is 93.6 Å². The zero-order chi connectivity index (χ0) is 44.1. The van der Waals surface area contributed by atoms with E-state index in [1.54, 1.807) is 41.9 Å². The smallest absolute Gasteiger partial charge is 0.243 e. The number of phenols is 1. The summed E-state index contributed by atoms with van der Waals surface area (Å²) in [6, 6.07) is 20.9. The molecule has 1 aliphatic carbocycles. The van der Waals surface area contributed by atoms with Crippen LogP contribution < -0.4 is 10.2 Å². The van der Waals surface area contributed by atoms with Gasteiger partial charge in [0.2, 0.25) is 17.8 Å². The van der Waals surface area contributed by atoms with Crippen LogP contribution >= 0.6 is 11.3 Å². The Morgan fingerprint density at radius 2 is 1.69 bits per heavy atom. The Kier molecular flexibility index (Phi) is 11.2. The Labute approximate surface area is 374 Å². The first-order valence-electron chi connectivity index (χ1n) is 22.1. The number of para-hydroxylation sites is 1. The van der Waals surface area contributed by atoms with Crippen LogP contribution in [0.1, 0.15) is 86.5 Å². The molecule has 2 aliphatic heterocycles. The van der Waals surface area contributed by atoms with E-state index in [-0.39, 0.29) is 36.4 Å². The number of thiazole rings is 1. The summed E-state index contributed by atoms with van der Waals surface area (Å²) in [5, 5.41) is 37.5. The molecule has 3 atom stereocenters. The number of rotatable bonds is 12. The summed E-state index contributed by atoms with van der Waals surface area (Å²) < 4.78 is 8.29. The highest BCUT2D eigenvalue weighted by molar-refractivity contribution is 7.13. The van der Waals surface area contributed by atoms with Gasteiger partial charge in [-0.25, -0.2) is 15.0 Å². The lowest BCUT2D eigenvalue weighted by Crippen LogP contribution is -2.48. The Morgan fingerprint density at radius 3 is 2.39 bits per heavy atom. The molecule has 64 heavy (non-hydrogen) atoms. The third-order valence-electron chi connectivity index (χ3n) is 12.9. The summed E-state index contributed by atoms with van der Waals surface area (Å²) in [4.78, 5) is 46.4. The number of aromatic nitrogens is 7. The number of aliphatic hydroxyl groups is 1. The molecule has 0 spiro atoms. The maximum absolute atomic E-state index is 14.3. The number of nitrogens with zero attached hydrogens (tertiary/aromatic N) is 9. The first kappa shape index (κ1) is 41.5. The maximum atomic E-state index is 14.3. The summed E-state index contributed by atoms with van der Waals surface area (Å²) in [5.41, 5.74) is 10.5. The number of carbonyl (C=O) groups is 2. The Morgan fingerprint density at radius 1 is 0.922 bits per heavy atom. The first-order chi connectivity index (χ1) is 31.1. The quantitative estimate of drug-likeness (QED) is 0.110. The highest BCUT2D eigenvalue weighted by atomic mass is 32.1. The van der Waals surface area contributed by atoms with Crippen LogP contribution in [0.5, 0.6) is 5.75 Å². The second-order valence-electron chi connectivity index (χ2n) is 17.6. The van der Waals surface area contributed by atoms with Gasteiger partial charge in [-0.05, 0) is 73.9 Å². The normalized spacial score (nSPS) is 18.6. The molecule has 16 heteroatoms. The molecule has 5 aromatic heterocycles. The van der Waals surface area contributed by atoms with Gasteiger partial charge in [0, 0.05) is 79.8 Å². The average molecular weight is 879 g/mol. The molecule has 3 fully saturated rings. The molecule has 7 aromatic rings. The van der Waals surface area contributed by atoms with Crippen LogP contribution in [0.25, 0.3) is 44.0 Å². The van der Waals surface area contributed by atoms with E-state index >= 15 is 0 Å². The van der Waals surface area contributed by atoms with Crippen molar-refractivity contribution in [1.29, 1.82) is 0 Å². The zero-order valence-corrected chi connectivity index (χ0v) is 36.8. The number of aromatic hydroxyl groups is 1. The molecular weight excluding hydrogens is 829 g/mol. The minimum atomic E-state index is -0.823. The number of aryl methyl sites for hydroxylation is 1. The standard InChI is InChI=1S/C48H50N10O5S/c1-27(2)44(47(62)57-25-34(59)18-41(57)46(61)49-22-29-8-10-31(11-9-29)45-28(3)52-26-64-45)43-21-36(55-63-43)32-23-50-48(51-24-32)56-16-14-30(15-17-56)39-20-38-40(58(39)33-12-13-33)19-37(53-54-38)35-6-4-5-7-42(35)60/h4-11,19-21,23-24,26-27,30,33-34,41,44,59-60H,12-18,22,25H2,1-3H3,(H,49,61)/t34-,41+,44-/m1/s1. The van der Waals surface area contributed by atoms with Gasteiger partial charge in [-0.15, -0.1) is 21.5 Å². The van der Waals surface area contributed by atoms with E-state index in [0.717, 1.165) is 71.5 Å². The molecule has 10 rings (SSSR count). The predicted octanol–water partition coefficient (Wildman–Crippen LogP) is 7.42. The van der Waals surface area contributed by atoms with Gasteiger partial charge in [0.15, 0.2) is 0 Å². The number of aliphatic hydroxyl groups excluding tert-OH is 1. The minimum Gasteiger partial charge on any atom is -0.507 e. The number of hydrogen-bond donors (Lipinski definition) is 3. The lowest BCUT2D eigenvalue weighted by atomic mass is 9.91. The number of amides is 2. The molecule has 3 aliphatic rings. The third kappa shape index (κ3) is 8.11. The van der Waals surface area contributed by atoms with Gasteiger partial charge in [0.1, 0.15) is 34.7 Å². The SMILES string of the molecule is Cc1ncsc1-c1ccc(CNC(=O)[C@@H]2C[C@@H](O)CN2C(=O)[C@@H](c2cc(-c3cnc(N4CCC(c5cc6nnc(-c7ccccc7O)cc6n5C5CC5)CC4)nc3)no2)C(C)C)cc1. The Hall–Kier alpha value is -6.52. The van der Waals surface area contributed by atoms with Gasteiger partial charge in [0.05, 0.1) is 33.4 Å². The molecule has 0 unspecified atom stereocenters. The van der Waals surface area contributed by atoms with Crippen LogP contribution in [0.3, 0.4) is 0 Å². The van der Waals surface area contributed by atoms with E-state index in [9.17, 15) is 19.8 Å². The minimum absolute atomic E-state index is 0.0526. The number of benzene rings is 2. The maximum Gasteiger partial charge on any atom is 0.243 e. The first-order valence-corrected chi connectivity index (χ1v) is 22.9. The van der Waals surface area contributed by atoms with E-state index in [1.807, 2.05) is 62.7 Å². The fourth-order valence-electron chi connectivity index (χ4n) is 9.36. The van der Waals surface area contributed by atoms with Gasteiger partial charge in [-0.3, -0.25) is 9.59 Å². The topological polar surface area (TPSA) is 189 Å². The molecule has 15 nitrogen and oxygen atoms in total. The molecule has 2 saturated heterocycles.